The van der Waals surface area contributed by atoms with Gasteiger partial charge in [-0.2, -0.15) is 4.98 Å². The first-order valence-corrected chi connectivity index (χ1v) is 14.8. The Labute approximate surface area is 240 Å². The van der Waals surface area contributed by atoms with E-state index in [1.807, 2.05) is 0 Å². The molecular formula is C28H37N7O5S. The highest BCUT2D eigenvalue weighted by atomic mass is 32.2. The summed E-state index contributed by atoms with van der Waals surface area (Å²) in [5, 5.41) is 17.6. The van der Waals surface area contributed by atoms with Gasteiger partial charge in [-0.3, -0.25) is 14.8 Å². The van der Waals surface area contributed by atoms with Crippen LogP contribution >= 0.6 is 0 Å². The van der Waals surface area contributed by atoms with E-state index < -0.39 is 21.5 Å². The molecule has 0 bridgehead atoms. The fourth-order valence-corrected chi connectivity index (χ4v) is 5.26. The second kappa shape index (κ2) is 14.5. The minimum Gasteiger partial charge on any atom is -0.352 e. The Balaban J connectivity index is 1.52. The first kappa shape index (κ1) is 31.5. The summed E-state index contributed by atoms with van der Waals surface area (Å²) in [4.78, 5) is 32.2. The lowest BCUT2D eigenvalue weighted by atomic mass is 10.1. The van der Waals surface area contributed by atoms with Crippen molar-refractivity contribution in [2.75, 3.05) is 17.2 Å². The van der Waals surface area contributed by atoms with Gasteiger partial charge in [-0.1, -0.05) is 18.9 Å². The number of hydroxylamine groups is 1. The van der Waals surface area contributed by atoms with Crippen molar-refractivity contribution < 1.29 is 23.2 Å². The van der Waals surface area contributed by atoms with Gasteiger partial charge in [-0.05, 0) is 82.1 Å². The van der Waals surface area contributed by atoms with Crippen molar-refractivity contribution in [2.24, 2.45) is 0 Å². The maximum atomic E-state index is 12.7. The zero-order chi connectivity index (χ0) is 29.9. The topological polar surface area (TPSA) is 174 Å². The highest BCUT2D eigenvalue weighted by Gasteiger charge is 2.22. The van der Waals surface area contributed by atoms with Gasteiger partial charge in [0.1, 0.15) is 5.82 Å². The highest BCUT2D eigenvalue weighted by molar-refractivity contribution is 7.89. The predicted molar refractivity (Wildman–Crippen MR) is 157 cm³/mol. The van der Waals surface area contributed by atoms with E-state index in [1.54, 1.807) is 74.9 Å². The molecule has 0 fully saturated rings. The van der Waals surface area contributed by atoms with Gasteiger partial charge in [0.2, 0.25) is 21.9 Å². The lowest BCUT2D eigenvalue weighted by Crippen LogP contribution is -2.40. The summed E-state index contributed by atoms with van der Waals surface area (Å²) >= 11 is 0. The Bertz CT molecular complexity index is 1420. The summed E-state index contributed by atoms with van der Waals surface area (Å²) in [6.45, 7) is 5.87. The van der Waals surface area contributed by atoms with Crippen LogP contribution in [0.25, 0.3) is 0 Å². The van der Waals surface area contributed by atoms with Crippen molar-refractivity contribution in [3.8, 4) is 0 Å². The van der Waals surface area contributed by atoms with Crippen LogP contribution in [0.2, 0.25) is 0 Å². The summed E-state index contributed by atoms with van der Waals surface area (Å²) in [6, 6.07) is 15.0. The van der Waals surface area contributed by atoms with Crippen LogP contribution in [0.5, 0.6) is 0 Å². The van der Waals surface area contributed by atoms with Crippen LogP contribution in [0.4, 0.5) is 23.1 Å². The third kappa shape index (κ3) is 10.8. The number of anilines is 4. The fourth-order valence-electron chi connectivity index (χ4n) is 3.80. The number of amides is 2. The van der Waals surface area contributed by atoms with E-state index in [0.29, 0.717) is 41.7 Å². The molecule has 3 aromatic rings. The molecule has 0 unspecified atom stereocenters. The molecule has 2 aromatic carbocycles. The molecule has 0 atom stereocenters. The van der Waals surface area contributed by atoms with Crippen LogP contribution in [0.15, 0.2) is 65.7 Å². The van der Waals surface area contributed by atoms with Gasteiger partial charge in [-0.15, -0.1) is 0 Å². The van der Waals surface area contributed by atoms with E-state index in [-0.39, 0.29) is 17.2 Å². The first-order chi connectivity index (χ1) is 19.4. The molecule has 3 rings (SSSR count). The number of nitrogens with one attached hydrogen (secondary N) is 5. The van der Waals surface area contributed by atoms with Crippen LogP contribution in [0.1, 0.15) is 63.2 Å². The number of rotatable bonds is 14. The SMILES string of the molecule is CC(C)(C)NS(=O)(=O)c1cccc(Nc2ccnc(Nc3ccc(C(=O)NCCCCCCC(=O)NO)cc3)n2)c1. The number of unbranched alkanes of at least 4 members (excludes halogenated alkanes) is 3. The summed E-state index contributed by atoms with van der Waals surface area (Å²) in [5.74, 6) is 0.216. The molecule has 0 saturated heterocycles. The summed E-state index contributed by atoms with van der Waals surface area (Å²) in [5.41, 5.74) is 2.76. The number of benzene rings is 2. The fraction of sp³-hybridized carbons (Fsp3) is 0.357. The normalized spacial score (nSPS) is 11.5. The van der Waals surface area contributed by atoms with Gasteiger partial charge in [0.05, 0.1) is 4.90 Å². The standard InChI is InChI=1S/C28H37N7O5S/c1-28(2,3)35-41(39,40)23-10-8-9-22(19-23)31-24-16-18-30-27(33-24)32-21-14-12-20(13-15-21)26(37)29-17-7-5-4-6-11-25(36)34-38/h8-10,12-16,18-19,35,38H,4-7,11,17H2,1-3H3,(H,29,37)(H,34,36)(H2,30,31,32,33). The van der Waals surface area contributed by atoms with E-state index in [9.17, 15) is 18.0 Å². The molecule has 220 valence electrons. The number of sulfonamides is 1. The monoisotopic (exact) mass is 583 g/mol. The van der Waals surface area contributed by atoms with E-state index in [1.165, 1.54) is 12.1 Å². The Morgan fingerprint density at radius 1 is 0.902 bits per heavy atom. The van der Waals surface area contributed by atoms with Crippen LogP contribution in [-0.4, -0.2) is 47.5 Å². The lowest BCUT2D eigenvalue weighted by Gasteiger charge is -2.20. The van der Waals surface area contributed by atoms with Crippen LogP contribution < -0.4 is 26.2 Å². The summed E-state index contributed by atoms with van der Waals surface area (Å²) < 4.78 is 28.0. The largest absolute Gasteiger partial charge is 0.352 e. The maximum Gasteiger partial charge on any atom is 0.251 e. The molecule has 0 spiro atoms. The number of nitrogens with zero attached hydrogens (tertiary/aromatic N) is 2. The van der Waals surface area contributed by atoms with Crippen molar-refractivity contribution in [2.45, 2.75) is 63.3 Å². The molecule has 13 heteroatoms. The Kier molecular flexibility index (Phi) is 11.1. The summed E-state index contributed by atoms with van der Waals surface area (Å²) in [6.07, 6.45) is 5.04. The smallest absolute Gasteiger partial charge is 0.251 e. The van der Waals surface area contributed by atoms with Crippen molar-refractivity contribution in [3.63, 3.8) is 0 Å². The maximum absolute atomic E-state index is 12.7. The minimum atomic E-state index is -3.69. The molecule has 0 aliphatic rings. The molecule has 6 N–H and O–H groups in total. The average molecular weight is 584 g/mol. The number of carbonyl (C=O) groups excluding carboxylic acids is 2. The van der Waals surface area contributed by atoms with Crippen LogP contribution in [0.3, 0.4) is 0 Å². The van der Waals surface area contributed by atoms with Crippen LogP contribution in [0, 0.1) is 0 Å². The second-order valence-corrected chi connectivity index (χ2v) is 12.1. The quantitative estimate of drug-likeness (QED) is 0.0922. The number of carbonyl (C=O) groups is 2. The van der Waals surface area contributed by atoms with Gasteiger partial charge < -0.3 is 16.0 Å². The van der Waals surface area contributed by atoms with E-state index in [2.05, 4.69) is 30.6 Å². The lowest BCUT2D eigenvalue weighted by molar-refractivity contribution is -0.129. The average Bonchev–Trinajstić information content (AvgIpc) is 2.91. The van der Waals surface area contributed by atoms with Crippen molar-refractivity contribution in [1.82, 2.24) is 25.5 Å². The van der Waals surface area contributed by atoms with Crippen molar-refractivity contribution >= 4 is 45.0 Å². The minimum absolute atomic E-state index is 0.138. The molecule has 0 radical (unpaired) electrons. The Morgan fingerprint density at radius 3 is 2.34 bits per heavy atom. The summed E-state index contributed by atoms with van der Waals surface area (Å²) in [7, 11) is -3.69. The Morgan fingerprint density at radius 2 is 1.63 bits per heavy atom. The number of hydrogen-bond acceptors (Lipinski definition) is 9. The number of aromatic nitrogens is 2. The third-order valence-corrected chi connectivity index (χ3v) is 7.41. The zero-order valence-corrected chi connectivity index (χ0v) is 24.2. The molecule has 0 aliphatic heterocycles. The van der Waals surface area contributed by atoms with Crippen molar-refractivity contribution in [3.05, 3.63) is 66.4 Å². The molecule has 2 amide bonds. The van der Waals surface area contributed by atoms with Gasteiger partial charge in [0, 0.05) is 41.6 Å². The highest BCUT2D eigenvalue weighted by Crippen LogP contribution is 2.21. The van der Waals surface area contributed by atoms with Gasteiger partial charge in [0.15, 0.2) is 0 Å². The van der Waals surface area contributed by atoms with Crippen molar-refractivity contribution in [1.29, 1.82) is 0 Å². The second-order valence-electron chi connectivity index (χ2n) is 10.4. The van der Waals surface area contributed by atoms with Gasteiger partial charge >= 0.3 is 0 Å². The molecule has 0 saturated carbocycles. The molecule has 1 heterocycles. The number of hydrogen-bond donors (Lipinski definition) is 6. The molecule has 41 heavy (non-hydrogen) atoms. The molecule has 12 nitrogen and oxygen atoms in total. The van der Waals surface area contributed by atoms with E-state index in [4.69, 9.17) is 5.21 Å². The van der Waals surface area contributed by atoms with E-state index in [0.717, 1.165) is 19.3 Å². The molecule has 1 aromatic heterocycles. The van der Waals surface area contributed by atoms with E-state index >= 15 is 0 Å². The molecular weight excluding hydrogens is 546 g/mol. The third-order valence-electron chi connectivity index (χ3n) is 5.66. The van der Waals surface area contributed by atoms with Crippen LogP contribution in [-0.2, 0) is 14.8 Å². The molecule has 0 aliphatic carbocycles. The first-order valence-electron chi connectivity index (χ1n) is 13.3. The van der Waals surface area contributed by atoms with Gasteiger partial charge in [-0.25, -0.2) is 23.6 Å². The predicted octanol–water partition coefficient (Wildman–Crippen LogP) is 4.23. The Hall–Kier alpha value is -4.07. The zero-order valence-electron chi connectivity index (χ0n) is 23.4. The van der Waals surface area contributed by atoms with Gasteiger partial charge in [0.25, 0.3) is 5.91 Å².